The van der Waals surface area contributed by atoms with Gasteiger partial charge in [-0.2, -0.15) is 0 Å². The average molecular weight is 380 g/mol. The van der Waals surface area contributed by atoms with E-state index >= 15 is 0 Å². The molecule has 2 aromatic carbocycles. The highest BCUT2D eigenvalue weighted by Gasteiger charge is 2.10. The van der Waals surface area contributed by atoms with Crippen LogP contribution in [0.1, 0.15) is 18.4 Å². The van der Waals surface area contributed by atoms with Gasteiger partial charge in [0.25, 0.3) is 5.89 Å². The number of carbonyl (C=O) groups is 1. The van der Waals surface area contributed by atoms with Crippen molar-refractivity contribution in [1.29, 1.82) is 0 Å². The van der Waals surface area contributed by atoms with Gasteiger partial charge in [-0.25, -0.2) is 4.79 Å². The Hall–Kier alpha value is -3.61. The third-order valence-corrected chi connectivity index (χ3v) is 3.72. The first-order valence-corrected chi connectivity index (χ1v) is 8.73. The lowest BCUT2D eigenvalue weighted by Crippen LogP contribution is -2.01. The second kappa shape index (κ2) is 9.36. The van der Waals surface area contributed by atoms with Gasteiger partial charge in [0.1, 0.15) is 0 Å². The van der Waals surface area contributed by atoms with Crippen molar-refractivity contribution in [3.8, 4) is 23.0 Å². The zero-order valence-electron chi connectivity index (χ0n) is 15.6. The first kappa shape index (κ1) is 19.2. The van der Waals surface area contributed by atoms with Gasteiger partial charge in [-0.05, 0) is 42.8 Å². The van der Waals surface area contributed by atoms with Crippen LogP contribution in [0.5, 0.6) is 11.5 Å². The average Bonchev–Trinajstić information content (AvgIpc) is 3.21. The summed E-state index contributed by atoms with van der Waals surface area (Å²) in [5, 5.41) is 7.84. The predicted molar refractivity (Wildman–Crippen MR) is 103 cm³/mol. The van der Waals surface area contributed by atoms with Crippen LogP contribution in [0, 0.1) is 0 Å². The molecule has 1 heterocycles. The summed E-state index contributed by atoms with van der Waals surface area (Å²) in [7, 11) is 1.57. The van der Waals surface area contributed by atoms with Gasteiger partial charge in [0.2, 0.25) is 5.89 Å². The van der Waals surface area contributed by atoms with Crippen LogP contribution in [0.25, 0.3) is 17.5 Å². The zero-order chi connectivity index (χ0) is 19.8. The number of nitrogens with zero attached hydrogens (tertiary/aromatic N) is 2. The third-order valence-electron chi connectivity index (χ3n) is 3.72. The maximum Gasteiger partial charge on any atom is 0.331 e. The van der Waals surface area contributed by atoms with E-state index in [2.05, 4.69) is 10.2 Å². The highest BCUT2D eigenvalue weighted by Crippen LogP contribution is 2.28. The lowest BCUT2D eigenvalue weighted by molar-refractivity contribution is -0.139. The van der Waals surface area contributed by atoms with E-state index in [1.165, 1.54) is 6.08 Å². The van der Waals surface area contributed by atoms with Crippen molar-refractivity contribution in [2.24, 2.45) is 0 Å². The molecule has 3 rings (SSSR count). The van der Waals surface area contributed by atoms with E-state index in [-0.39, 0.29) is 12.5 Å². The van der Waals surface area contributed by atoms with E-state index in [0.717, 1.165) is 11.1 Å². The van der Waals surface area contributed by atoms with E-state index in [1.807, 2.05) is 43.3 Å². The van der Waals surface area contributed by atoms with E-state index in [9.17, 15) is 4.79 Å². The van der Waals surface area contributed by atoms with Crippen molar-refractivity contribution in [3.63, 3.8) is 0 Å². The molecule has 3 aromatic rings. The van der Waals surface area contributed by atoms with Crippen molar-refractivity contribution in [2.45, 2.75) is 13.5 Å². The maximum absolute atomic E-state index is 11.9. The molecular weight excluding hydrogens is 360 g/mol. The van der Waals surface area contributed by atoms with Crippen LogP contribution in [0.15, 0.2) is 59.0 Å². The SMILES string of the molecule is CCOc1cc(/C=C/C(=O)OCc2nnc(-c3ccccc3)o2)ccc1OC. The van der Waals surface area contributed by atoms with E-state index < -0.39 is 5.97 Å². The normalized spacial score (nSPS) is 10.8. The van der Waals surface area contributed by atoms with Gasteiger partial charge in [0.15, 0.2) is 18.1 Å². The Morgan fingerprint density at radius 2 is 1.93 bits per heavy atom. The van der Waals surface area contributed by atoms with Crippen LogP contribution in [0.4, 0.5) is 0 Å². The number of rotatable bonds is 8. The molecule has 0 atom stereocenters. The Labute approximate surface area is 162 Å². The van der Waals surface area contributed by atoms with Crippen molar-refractivity contribution in [2.75, 3.05) is 13.7 Å². The van der Waals surface area contributed by atoms with Crippen LogP contribution in [0.3, 0.4) is 0 Å². The summed E-state index contributed by atoms with van der Waals surface area (Å²) in [6.45, 7) is 2.30. The summed E-state index contributed by atoms with van der Waals surface area (Å²) in [5.74, 6) is 1.33. The van der Waals surface area contributed by atoms with Crippen LogP contribution in [0.2, 0.25) is 0 Å². The Balaban J connectivity index is 1.57. The number of ether oxygens (including phenoxy) is 3. The molecule has 1 aromatic heterocycles. The van der Waals surface area contributed by atoms with Crippen molar-refractivity contribution in [3.05, 3.63) is 66.1 Å². The minimum atomic E-state index is -0.520. The van der Waals surface area contributed by atoms with Crippen LogP contribution < -0.4 is 9.47 Å². The molecule has 0 aliphatic heterocycles. The quantitative estimate of drug-likeness (QED) is 0.433. The fourth-order valence-electron chi connectivity index (χ4n) is 2.42. The molecule has 0 amide bonds. The molecule has 144 valence electrons. The molecule has 0 aliphatic carbocycles. The molecule has 0 N–H and O–H groups in total. The van der Waals surface area contributed by atoms with Crippen LogP contribution >= 0.6 is 0 Å². The molecule has 0 unspecified atom stereocenters. The van der Waals surface area contributed by atoms with Gasteiger partial charge < -0.3 is 18.6 Å². The summed E-state index contributed by atoms with van der Waals surface area (Å²) in [5.41, 5.74) is 1.59. The number of aromatic nitrogens is 2. The Bertz CT molecular complexity index is 950. The molecule has 7 nitrogen and oxygen atoms in total. The standard InChI is InChI=1S/C21H20N2O5/c1-3-26-18-13-15(9-11-17(18)25-2)10-12-20(24)27-14-19-22-23-21(28-19)16-7-5-4-6-8-16/h4-13H,3,14H2,1-2H3/b12-10+. The Kier molecular flexibility index (Phi) is 6.41. The summed E-state index contributed by atoms with van der Waals surface area (Å²) in [6, 6.07) is 14.7. The van der Waals surface area contributed by atoms with Crippen molar-refractivity contribution >= 4 is 12.0 Å². The van der Waals surface area contributed by atoms with Crippen LogP contribution in [-0.4, -0.2) is 29.9 Å². The second-order valence-electron chi connectivity index (χ2n) is 5.65. The number of carbonyl (C=O) groups excluding carboxylic acids is 1. The summed E-state index contributed by atoms with van der Waals surface area (Å²) in [4.78, 5) is 11.9. The van der Waals surface area contributed by atoms with E-state index in [0.29, 0.717) is 24.0 Å². The minimum Gasteiger partial charge on any atom is -0.493 e. The molecule has 0 saturated heterocycles. The zero-order valence-corrected chi connectivity index (χ0v) is 15.6. The highest BCUT2D eigenvalue weighted by molar-refractivity contribution is 5.87. The molecule has 0 aliphatic rings. The molecule has 0 fully saturated rings. The van der Waals surface area contributed by atoms with Crippen LogP contribution in [-0.2, 0) is 16.1 Å². The predicted octanol–water partition coefficient (Wildman–Crippen LogP) is 3.90. The lowest BCUT2D eigenvalue weighted by Gasteiger charge is -2.09. The van der Waals surface area contributed by atoms with Gasteiger partial charge in [-0.15, -0.1) is 10.2 Å². The number of methoxy groups -OCH3 is 1. The number of hydrogen-bond donors (Lipinski definition) is 0. The van der Waals surface area contributed by atoms with Gasteiger partial charge in [-0.3, -0.25) is 0 Å². The highest BCUT2D eigenvalue weighted by atomic mass is 16.5. The van der Waals surface area contributed by atoms with Gasteiger partial charge in [-0.1, -0.05) is 24.3 Å². The fraction of sp³-hybridized carbons (Fsp3) is 0.190. The number of benzene rings is 2. The third kappa shape index (κ3) is 4.97. The molecule has 0 radical (unpaired) electrons. The van der Waals surface area contributed by atoms with Gasteiger partial charge >= 0.3 is 5.97 Å². The largest absolute Gasteiger partial charge is 0.493 e. The molecule has 0 bridgehead atoms. The second-order valence-corrected chi connectivity index (χ2v) is 5.65. The fourth-order valence-corrected chi connectivity index (χ4v) is 2.42. The molecule has 0 saturated carbocycles. The summed E-state index contributed by atoms with van der Waals surface area (Å²) < 4.78 is 21.4. The maximum atomic E-state index is 11.9. The molecular formula is C21H20N2O5. The molecule has 28 heavy (non-hydrogen) atoms. The minimum absolute atomic E-state index is 0.101. The monoisotopic (exact) mass is 380 g/mol. The van der Waals surface area contributed by atoms with E-state index in [1.54, 1.807) is 25.3 Å². The topological polar surface area (TPSA) is 83.7 Å². The lowest BCUT2D eigenvalue weighted by atomic mass is 10.2. The van der Waals surface area contributed by atoms with E-state index in [4.69, 9.17) is 18.6 Å². The van der Waals surface area contributed by atoms with Crippen molar-refractivity contribution < 1.29 is 23.4 Å². The number of hydrogen-bond acceptors (Lipinski definition) is 7. The summed E-state index contributed by atoms with van der Waals surface area (Å²) in [6.07, 6.45) is 2.96. The first-order chi connectivity index (χ1) is 13.7. The van der Waals surface area contributed by atoms with Crippen molar-refractivity contribution in [1.82, 2.24) is 10.2 Å². The smallest absolute Gasteiger partial charge is 0.331 e. The number of esters is 1. The molecule has 0 spiro atoms. The van der Waals surface area contributed by atoms with Gasteiger partial charge in [0.05, 0.1) is 13.7 Å². The van der Waals surface area contributed by atoms with Gasteiger partial charge in [0, 0.05) is 11.6 Å². The Morgan fingerprint density at radius 1 is 1.11 bits per heavy atom. The summed E-state index contributed by atoms with van der Waals surface area (Å²) >= 11 is 0. The molecule has 7 heteroatoms. The Morgan fingerprint density at radius 3 is 2.68 bits per heavy atom. The first-order valence-electron chi connectivity index (χ1n) is 8.73.